The summed E-state index contributed by atoms with van der Waals surface area (Å²) in [6, 6.07) is 6.67. The van der Waals surface area contributed by atoms with Crippen LogP contribution in [0.4, 0.5) is 4.79 Å². The lowest BCUT2D eigenvalue weighted by atomic mass is 10.1. The van der Waals surface area contributed by atoms with Crippen LogP contribution in [-0.2, 0) is 11.3 Å². The first-order chi connectivity index (χ1) is 14.3. The van der Waals surface area contributed by atoms with Crippen LogP contribution in [0, 0.1) is 5.92 Å². The molecule has 160 valence electrons. The molecule has 0 saturated heterocycles. The number of hydrogen-bond acceptors (Lipinski definition) is 6. The quantitative estimate of drug-likeness (QED) is 0.557. The maximum Gasteiger partial charge on any atom is 0.321 e. The molecule has 0 aliphatic heterocycles. The average molecular weight is 431 g/mol. The molecule has 0 unspecified atom stereocenters. The van der Waals surface area contributed by atoms with Crippen molar-refractivity contribution in [3.63, 3.8) is 0 Å². The number of benzene rings is 1. The lowest BCUT2D eigenvalue weighted by Crippen LogP contribution is -2.43. The summed E-state index contributed by atoms with van der Waals surface area (Å²) in [5.41, 5.74) is 0.578. The lowest BCUT2D eigenvalue weighted by Gasteiger charge is -2.12. The number of imide groups is 1. The van der Waals surface area contributed by atoms with E-state index in [0.29, 0.717) is 34.3 Å². The predicted octanol–water partition coefficient (Wildman–Crippen LogP) is 2.42. The number of aryl methyl sites for hydroxylation is 1. The van der Waals surface area contributed by atoms with Gasteiger partial charge in [-0.15, -0.1) is 10.2 Å². The molecule has 10 heteroatoms. The smallest absolute Gasteiger partial charge is 0.321 e. The van der Waals surface area contributed by atoms with Gasteiger partial charge in [-0.2, -0.15) is 0 Å². The van der Waals surface area contributed by atoms with E-state index in [4.69, 9.17) is 0 Å². The molecule has 0 aliphatic rings. The molecular weight excluding hydrogens is 404 g/mol. The number of carbonyl (C=O) groups excluding carboxylic acids is 2. The molecule has 0 radical (unpaired) electrons. The van der Waals surface area contributed by atoms with Crippen molar-refractivity contribution < 1.29 is 9.59 Å². The molecular formula is C20H26N6O3S. The first-order valence-corrected chi connectivity index (χ1v) is 10.9. The Morgan fingerprint density at radius 1 is 1.13 bits per heavy atom. The molecule has 0 aliphatic carbocycles. The fourth-order valence-electron chi connectivity index (χ4n) is 3.01. The second-order valence-corrected chi connectivity index (χ2v) is 8.68. The van der Waals surface area contributed by atoms with Gasteiger partial charge >= 0.3 is 6.03 Å². The highest BCUT2D eigenvalue weighted by molar-refractivity contribution is 7.99. The zero-order chi connectivity index (χ0) is 21.8. The van der Waals surface area contributed by atoms with Crippen molar-refractivity contribution in [3.8, 4) is 0 Å². The zero-order valence-corrected chi connectivity index (χ0v) is 18.3. The number of fused-ring (bicyclic) bond motifs is 3. The SMILES string of the molecule is CC(C)CCn1c(=O)c2ccccc2n2c(SCC(=O)NC(=O)NC(C)C)nnc12. The molecule has 3 rings (SSSR count). The first-order valence-electron chi connectivity index (χ1n) is 9.87. The number of nitrogens with one attached hydrogen (secondary N) is 2. The van der Waals surface area contributed by atoms with Crippen LogP contribution >= 0.6 is 11.8 Å². The molecule has 30 heavy (non-hydrogen) atoms. The number of carbonyl (C=O) groups is 2. The molecule has 9 nitrogen and oxygen atoms in total. The van der Waals surface area contributed by atoms with Gasteiger partial charge in [-0.25, -0.2) is 4.79 Å². The zero-order valence-electron chi connectivity index (χ0n) is 17.5. The molecule has 2 heterocycles. The van der Waals surface area contributed by atoms with Gasteiger partial charge in [0.25, 0.3) is 5.56 Å². The Labute approximate surface area is 178 Å². The molecule has 3 amide bonds. The lowest BCUT2D eigenvalue weighted by molar-refractivity contribution is -0.117. The second kappa shape index (κ2) is 9.29. The number of aromatic nitrogens is 4. The number of amides is 3. The van der Waals surface area contributed by atoms with Gasteiger partial charge in [0.15, 0.2) is 5.16 Å². The second-order valence-electron chi connectivity index (χ2n) is 7.74. The normalized spacial score (nSPS) is 11.5. The third kappa shape index (κ3) is 4.81. The Kier molecular flexibility index (Phi) is 6.76. The van der Waals surface area contributed by atoms with Crippen molar-refractivity contribution in [2.75, 3.05) is 5.75 Å². The third-order valence-corrected chi connectivity index (χ3v) is 5.34. The monoisotopic (exact) mass is 430 g/mol. The third-order valence-electron chi connectivity index (χ3n) is 4.41. The van der Waals surface area contributed by atoms with E-state index in [1.54, 1.807) is 15.0 Å². The van der Waals surface area contributed by atoms with Crippen LogP contribution in [0.5, 0.6) is 0 Å². The van der Waals surface area contributed by atoms with Crippen LogP contribution in [0.2, 0.25) is 0 Å². The number of nitrogens with zero attached hydrogens (tertiary/aromatic N) is 4. The molecule has 0 fully saturated rings. The molecule has 0 atom stereocenters. The van der Waals surface area contributed by atoms with E-state index < -0.39 is 11.9 Å². The van der Waals surface area contributed by atoms with Crippen LogP contribution < -0.4 is 16.2 Å². The molecule has 2 aromatic heterocycles. The fourth-order valence-corrected chi connectivity index (χ4v) is 3.75. The molecule has 3 aromatic rings. The first kappa shape index (κ1) is 21.8. The van der Waals surface area contributed by atoms with Crippen LogP contribution in [0.1, 0.15) is 34.1 Å². The van der Waals surface area contributed by atoms with Crippen LogP contribution in [0.25, 0.3) is 16.7 Å². The Morgan fingerprint density at radius 3 is 2.57 bits per heavy atom. The van der Waals surface area contributed by atoms with E-state index in [0.717, 1.165) is 18.2 Å². The summed E-state index contributed by atoms with van der Waals surface area (Å²) >= 11 is 1.16. The maximum atomic E-state index is 13.0. The van der Waals surface area contributed by atoms with Crippen molar-refractivity contribution >= 4 is 40.4 Å². The van der Waals surface area contributed by atoms with E-state index in [1.807, 2.05) is 32.0 Å². The largest absolute Gasteiger partial charge is 0.336 e. The van der Waals surface area contributed by atoms with Gasteiger partial charge in [0.2, 0.25) is 11.7 Å². The highest BCUT2D eigenvalue weighted by Crippen LogP contribution is 2.21. The van der Waals surface area contributed by atoms with Crippen molar-refractivity contribution in [3.05, 3.63) is 34.6 Å². The Hall–Kier alpha value is -2.88. The molecule has 2 N–H and O–H groups in total. The predicted molar refractivity (Wildman–Crippen MR) is 117 cm³/mol. The maximum absolute atomic E-state index is 13.0. The molecule has 0 spiro atoms. The van der Waals surface area contributed by atoms with E-state index in [1.165, 1.54) is 0 Å². The summed E-state index contributed by atoms with van der Waals surface area (Å²) in [5.74, 6) is 0.430. The highest BCUT2D eigenvalue weighted by atomic mass is 32.2. The molecule has 0 bridgehead atoms. The summed E-state index contributed by atoms with van der Waals surface area (Å²) in [5, 5.41) is 14.4. The number of rotatable bonds is 7. The number of thioether (sulfide) groups is 1. The Balaban J connectivity index is 1.92. The van der Waals surface area contributed by atoms with Crippen molar-refractivity contribution in [2.45, 2.75) is 51.9 Å². The number of hydrogen-bond donors (Lipinski definition) is 2. The van der Waals surface area contributed by atoms with Gasteiger partial charge < -0.3 is 5.32 Å². The summed E-state index contributed by atoms with van der Waals surface area (Å²) < 4.78 is 3.43. The van der Waals surface area contributed by atoms with Gasteiger partial charge in [0.05, 0.1) is 16.7 Å². The van der Waals surface area contributed by atoms with Crippen LogP contribution in [0.15, 0.2) is 34.2 Å². The van der Waals surface area contributed by atoms with Gasteiger partial charge in [-0.1, -0.05) is 37.7 Å². The minimum Gasteiger partial charge on any atom is -0.336 e. The minimum atomic E-state index is -0.533. The van der Waals surface area contributed by atoms with Crippen molar-refractivity contribution in [1.29, 1.82) is 0 Å². The average Bonchev–Trinajstić information content (AvgIpc) is 3.09. The summed E-state index contributed by atoms with van der Waals surface area (Å²) in [4.78, 5) is 36.8. The van der Waals surface area contributed by atoms with Crippen molar-refractivity contribution in [1.82, 2.24) is 29.8 Å². The topological polar surface area (TPSA) is 110 Å². The summed E-state index contributed by atoms with van der Waals surface area (Å²) in [7, 11) is 0. The van der Waals surface area contributed by atoms with E-state index in [2.05, 4.69) is 34.7 Å². The summed E-state index contributed by atoms with van der Waals surface area (Å²) in [6.07, 6.45) is 0.830. The van der Waals surface area contributed by atoms with Gasteiger partial charge in [-0.3, -0.25) is 23.9 Å². The van der Waals surface area contributed by atoms with Crippen molar-refractivity contribution in [2.24, 2.45) is 5.92 Å². The molecule has 1 aromatic carbocycles. The number of para-hydroxylation sites is 1. The van der Waals surface area contributed by atoms with E-state index >= 15 is 0 Å². The van der Waals surface area contributed by atoms with Crippen LogP contribution in [0.3, 0.4) is 0 Å². The van der Waals surface area contributed by atoms with Gasteiger partial charge in [-0.05, 0) is 38.3 Å². The molecule has 0 saturated carbocycles. The Morgan fingerprint density at radius 2 is 1.87 bits per heavy atom. The van der Waals surface area contributed by atoms with E-state index in [9.17, 15) is 14.4 Å². The van der Waals surface area contributed by atoms with Gasteiger partial charge in [0.1, 0.15) is 0 Å². The minimum absolute atomic E-state index is 0.00818. The van der Waals surface area contributed by atoms with E-state index in [-0.39, 0.29) is 17.4 Å². The standard InChI is InChI=1S/C20H26N6O3S/c1-12(2)9-10-25-17(28)14-7-5-6-8-15(14)26-19(25)23-24-20(26)30-11-16(27)22-18(29)21-13(3)4/h5-8,12-13H,9-11H2,1-4H3,(H2,21,22,27,29). The fraction of sp³-hybridized carbons (Fsp3) is 0.450. The summed E-state index contributed by atoms with van der Waals surface area (Å²) in [6.45, 7) is 8.35. The van der Waals surface area contributed by atoms with Gasteiger partial charge in [0, 0.05) is 12.6 Å². The van der Waals surface area contributed by atoms with Crippen LogP contribution in [-0.4, -0.2) is 42.9 Å². The highest BCUT2D eigenvalue weighted by Gasteiger charge is 2.18. The Bertz CT molecular complexity index is 1130. The number of urea groups is 1.